The number of amides is 1. The van der Waals surface area contributed by atoms with E-state index in [9.17, 15) is 9.18 Å². The van der Waals surface area contributed by atoms with Gasteiger partial charge in [-0.15, -0.1) is 0 Å². The monoisotopic (exact) mass is 382 g/mol. The van der Waals surface area contributed by atoms with Gasteiger partial charge in [0.25, 0.3) is 5.91 Å². The molecular weight excluding hydrogens is 355 g/mol. The van der Waals surface area contributed by atoms with E-state index in [1.807, 2.05) is 38.1 Å². The molecule has 1 amide bonds. The smallest absolute Gasteiger partial charge is 0.257 e. The Kier molecular flexibility index (Phi) is 9.83. The second-order valence-corrected chi connectivity index (χ2v) is 5.75. The van der Waals surface area contributed by atoms with Crippen LogP contribution in [0.1, 0.15) is 12.5 Å². The first-order valence-corrected chi connectivity index (χ1v) is 8.79. The van der Waals surface area contributed by atoms with Crippen molar-refractivity contribution in [2.45, 2.75) is 13.8 Å². The minimum absolute atomic E-state index is 0.162. The van der Waals surface area contributed by atoms with E-state index in [2.05, 4.69) is 17.2 Å². The van der Waals surface area contributed by atoms with E-state index in [1.54, 1.807) is 44.5 Å². The largest absolute Gasteiger partial charge is 0.497 e. The second kappa shape index (κ2) is 12.1. The summed E-state index contributed by atoms with van der Waals surface area (Å²) in [6, 6.07) is 13.7. The number of methoxy groups -OCH3 is 1. The maximum atomic E-state index is 12.3. The van der Waals surface area contributed by atoms with Crippen LogP contribution >= 0.6 is 0 Å². The van der Waals surface area contributed by atoms with E-state index in [0.717, 1.165) is 11.3 Å². The molecule has 0 bridgehead atoms. The number of likely N-dealkylation sites (N-methyl/N-ethyl adjacent to an activating group) is 1. The Hall–Kier alpha value is -3.34. The summed E-state index contributed by atoms with van der Waals surface area (Å²) < 4.78 is 17.3. The molecule has 0 unspecified atom stereocenters. The summed E-state index contributed by atoms with van der Waals surface area (Å²) in [6.07, 6.45) is 5.09. The number of benzene rings is 2. The Bertz CT molecular complexity index is 840. The lowest BCUT2D eigenvalue weighted by Crippen LogP contribution is -2.21. The molecule has 0 heterocycles. The molecule has 0 spiro atoms. The number of allylic oxidation sites excluding steroid dienone is 3. The fourth-order valence-electron chi connectivity index (χ4n) is 2.34. The summed E-state index contributed by atoms with van der Waals surface area (Å²) in [5, 5.41) is 5.82. The van der Waals surface area contributed by atoms with E-state index in [0.29, 0.717) is 17.0 Å². The highest BCUT2D eigenvalue weighted by atomic mass is 19.1. The average molecular weight is 382 g/mol. The highest BCUT2D eigenvalue weighted by Gasteiger charge is 2.12. The molecule has 2 aromatic rings. The summed E-state index contributed by atoms with van der Waals surface area (Å²) in [7, 11) is 3.36. The van der Waals surface area contributed by atoms with E-state index < -0.39 is 0 Å². The number of hydrogen-bond acceptors (Lipinski definition) is 3. The number of rotatable bonds is 6. The number of aryl methyl sites for hydroxylation is 1. The predicted octanol–water partition coefficient (Wildman–Crippen LogP) is 5.00. The van der Waals surface area contributed by atoms with Crippen LogP contribution in [-0.2, 0) is 4.79 Å². The molecule has 5 heteroatoms. The van der Waals surface area contributed by atoms with Crippen LogP contribution in [0.15, 0.2) is 84.6 Å². The van der Waals surface area contributed by atoms with E-state index in [4.69, 9.17) is 4.74 Å². The summed E-state index contributed by atoms with van der Waals surface area (Å²) in [5.74, 6) is 0.322. The first-order chi connectivity index (χ1) is 13.4. The molecule has 0 aliphatic carbocycles. The van der Waals surface area contributed by atoms with Crippen molar-refractivity contribution in [2.75, 3.05) is 19.5 Å². The van der Waals surface area contributed by atoms with Crippen LogP contribution < -0.4 is 15.4 Å². The van der Waals surface area contributed by atoms with Gasteiger partial charge in [-0.05, 0) is 49.8 Å². The van der Waals surface area contributed by atoms with Crippen LogP contribution in [0.3, 0.4) is 0 Å². The van der Waals surface area contributed by atoms with Gasteiger partial charge in [0.2, 0.25) is 0 Å². The van der Waals surface area contributed by atoms with Crippen LogP contribution in [0, 0.1) is 12.7 Å². The standard InChI is InChI=1S/C16H20N2O2.C7H7F/c1-5-8-14(15(6-2)17-3)16(19)18-12-9-7-10-13(11-12)20-4;1-6-3-2-4-7(8)5-6/h5-11,17H,1H2,2-4H3,(H,18,19);2-5H,1H3/b14-8+,15-6+;. The molecule has 0 atom stereocenters. The lowest BCUT2D eigenvalue weighted by Gasteiger charge is -2.12. The predicted molar refractivity (Wildman–Crippen MR) is 114 cm³/mol. The number of halogens is 1. The van der Waals surface area contributed by atoms with E-state index in [1.165, 1.54) is 12.1 Å². The topological polar surface area (TPSA) is 50.4 Å². The van der Waals surface area contributed by atoms with Gasteiger partial charge in [0.15, 0.2) is 0 Å². The lowest BCUT2D eigenvalue weighted by molar-refractivity contribution is -0.112. The summed E-state index contributed by atoms with van der Waals surface area (Å²) >= 11 is 0. The van der Waals surface area contributed by atoms with Gasteiger partial charge in [-0.25, -0.2) is 4.39 Å². The highest BCUT2D eigenvalue weighted by molar-refractivity contribution is 6.07. The van der Waals surface area contributed by atoms with E-state index >= 15 is 0 Å². The number of anilines is 1. The van der Waals surface area contributed by atoms with Crippen LogP contribution in [0.5, 0.6) is 5.75 Å². The lowest BCUT2D eigenvalue weighted by atomic mass is 10.1. The first-order valence-electron chi connectivity index (χ1n) is 8.79. The SMILES string of the molecule is C=C/C=C(C(=O)Nc1cccc(OC)c1)\C(=C/C)NC.Cc1cccc(F)c1. The molecule has 28 heavy (non-hydrogen) atoms. The van der Waals surface area contributed by atoms with E-state index in [-0.39, 0.29) is 11.7 Å². The second-order valence-electron chi connectivity index (χ2n) is 5.75. The molecule has 2 N–H and O–H groups in total. The van der Waals surface area contributed by atoms with Crippen molar-refractivity contribution in [1.29, 1.82) is 0 Å². The Morgan fingerprint density at radius 1 is 1.18 bits per heavy atom. The Balaban J connectivity index is 0.000000406. The van der Waals surface area contributed by atoms with Gasteiger partial charge in [-0.2, -0.15) is 0 Å². The Morgan fingerprint density at radius 2 is 1.89 bits per heavy atom. The zero-order valence-electron chi connectivity index (χ0n) is 16.8. The van der Waals surface area contributed by atoms with Crippen molar-refractivity contribution in [3.8, 4) is 5.75 Å². The third-order valence-electron chi connectivity index (χ3n) is 3.69. The number of carbonyl (C=O) groups excluding carboxylic acids is 1. The van der Waals surface area contributed by atoms with Crippen molar-refractivity contribution in [2.24, 2.45) is 0 Å². The Labute approximate surface area is 166 Å². The normalized spacial score (nSPS) is 11.0. The van der Waals surface area contributed by atoms with Gasteiger partial charge in [-0.3, -0.25) is 4.79 Å². The van der Waals surface area contributed by atoms with Gasteiger partial charge in [0.1, 0.15) is 11.6 Å². The van der Waals surface area contributed by atoms with Crippen LogP contribution in [0.25, 0.3) is 0 Å². The number of hydrogen-bond donors (Lipinski definition) is 2. The maximum absolute atomic E-state index is 12.3. The first kappa shape index (κ1) is 22.7. The number of nitrogens with one attached hydrogen (secondary N) is 2. The molecule has 0 radical (unpaired) electrons. The summed E-state index contributed by atoms with van der Waals surface area (Å²) in [5.41, 5.74) is 2.90. The summed E-state index contributed by atoms with van der Waals surface area (Å²) in [6.45, 7) is 7.36. The fraction of sp³-hybridized carbons (Fsp3) is 0.174. The molecule has 2 rings (SSSR count). The molecule has 0 aromatic heterocycles. The Morgan fingerprint density at radius 3 is 2.39 bits per heavy atom. The average Bonchev–Trinajstić information content (AvgIpc) is 2.68. The summed E-state index contributed by atoms with van der Waals surface area (Å²) in [4.78, 5) is 12.3. The third-order valence-corrected chi connectivity index (χ3v) is 3.69. The quantitative estimate of drug-likeness (QED) is 0.546. The molecule has 0 aliphatic rings. The molecule has 2 aromatic carbocycles. The molecule has 0 saturated carbocycles. The van der Waals surface area contributed by atoms with Gasteiger partial charge >= 0.3 is 0 Å². The van der Waals surface area contributed by atoms with Crippen LogP contribution in [-0.4, -0.2) is 20.1 Å². The van der Waals surface area contributed by atoms with Crippen molar-refractivity contribution >= 4 is 11.6 Å². The van der Waals surface area contributed by atoms with Crippen molar-refractivity contribution < 1.29 is 13.9 Å². The number of carbonyl (C=O) groups is 1. The molecule has 0 fully saturated rings. The number of ether oxygens (including phenoxy) is 1. The zero-order valence-corrected chi connectivity index (χ0v) is 16.8. The molecule has 0 saturated heterocycles. The molecule has 4 nitrogen and oxygen atoms in total. The maximum Gasteiger partial charge on any atom is 0.257 e. The van der Waals surface area contributed by atoms with Crippen molar-refractivity contribution in [3.05, 3.63) is 96.0 Å². The van der Waals surface area contributed by atoms with Gasteiger partial charge in [-0.1, -0.05) is 36.9 Å². The van der Waals surface area contributed by atoms with Gasteiger partial charge < -0.3 is 15.4 Å². The van der Waals surface area contributed by atoms with Crippen molar-refractivity contribution in [3.63, 3.8) is 0 Å². The van der Waals surface area contributed by atoms with Gasteiger partial charge in [0, 0.05) is 24.5 Å². The minimum atomic E-state index is -0.208. The minimum Gasteiger partial charge on any atom is -0.497 e. The van der Waals surface area contributed by atoms with Gasteiger partial charge in [0.05, 0.1) is 12.7 Å². The molecule has 0 aliphatic heterocycles. The van der Waals surface area contributed by atoms with Crippen LogP contribution in [0.2, 0.25) is 0 Å². The molecular formula is C23H27FN2O2. The zero-order chi connectivity index (χ0) is 20.9. The van der Waals surface area contributed by atoms with Crippen LogP contribution in [0.4, 0.5) is 10.1 Å². The third kappa shape index (κ3) is 7.50. The highest BCUT2D eigenvalue weighted by Crippen LogP contribution is 2.18. The fourth-order valence-corrected chi connectivity index (χ4v) is 2.34. The molecule has 148 valence electrons. The van der Waals surface area contributed by atoms with Crippen molar-refractivity contribution in [1.82, 2.24) is 5.32 Å².